The Hall–Kier alpha value is -0.780. The van der Waals surface area contributed by atoms with Crippen molar-refractivity contribution in [3.8, 4) is 5.75 Å². The Kier molecular flexibility index (Phi) is 11.3. The zero-order chi connectivity index (χ0) is 17.3. The molecule has 2 aromatic carbocycles. The summed E-state index contributed by atoms with van der Waals surface area (Å²) in [5, 5.41) is 0. The summed E-state index contributed by atoms with van der Waals surface area (Å²) in [6, 6.07) is 16.3. The van der Waals surface area contributed by atoms with Crippen molar-refractivity contribution in [1.29, 1.82) is 0 Å². The van der Waals surface area contributed by atoms with Gasteiger partial charge in [-0.25, -0.2) is 0 Å². The molecule has 7 nitrogen and oxygen atoms in total. The van der Waals surface area contributed by atoms with Crippen molar-refractivity contribution in [3.63, 3.8) is 0 Å². The topological polar surface area (TPSA) is 121 Å². The fourth-order valence-corrected chi connectivity index (χ4v) is 2.33. The van der Waals surface area contributed by atoms with Crippen LogP contribution in [0.15, 0.2) is 54.6 Å². The first-order valence-corrected chi connectivity index (χ1v) is 8.95. The van der Waals surface area contributed by atoms with Gasteiger partial charge in [-0.05, 0) is 11.6 Å². The fraction of sp³-hybridized carbons (Fsp3) is 0.143. The van der Waals surface area contributed by atoms with Gasteiger partial charge in [0.25, 0.3) is 21.5 Å². The Morgan fingerprint density at radius 3 is 2.00 bits per heavy atom. The first-order valence-electron chi connectivity index (χ1n) is 6.27. The van der Waals surface area contributed by atoms with E-state index in [9.17, 15) is 8.42 Å². The summed E-state index contributed by atoms with van der Waals surface area (Å²) in [4.78, 5) is 0. The van der Waals surface area contributed by atoms with Crippen molar-refractivity contribution < 1.29 is 31.0 Å². The van der Waals surface area contributed by atoms with Gasteiger partial charge in [0, 0.05) is 5.56 Å². The van der Waals surface area contributed by atoms with Crippen molar-refractivity contribution in [3.05, 3.63) is 65.7 Å². The van der Waals surface area contributed by atoms with Crippen LogP contribution in [0, 0.1) is 0 Å². The molecule has 0 aliphatic heterocycles. The number of hydrogen-bond donors (Lipinski definition) is 3. The van der Waals surface area contributed by atoms with E-state index in [4.69, 9.17) is 22.6 Å². The molecule has 0 atom stereocenters. The second kappa shape index (κ2) is 11.7. The van der Waals surface area contributed by atoms with Crippen LogP contribution in [0.4, 0.5) is 0 Å². The molecule has 0 spiro atoms. The van der Waals surface area contributed by atoms with E-state index in [0.717, 1.165) is 5.56 Å². The van der Waals surface area contributed by atoms with Crippen LogP contribution in [-0.4, -0.2) is 55.8 Å². The van der Waals surface area contributed by atoms with E-state index in [1.54, 1.807) is 24.3 Å². The standard InChI is InChI=1S/C14H14O4S.Na.H2O3S.H/c15-19(16,17)11-13-8-4-5-9-14(13)18-10-12-6-2-1-3-7-12;;1-4(2)3;/h1-9H,10-11H2,(H,15,16,17);;(H2,1,2,3);. The van der Waals surface area contributed by atoms with Crippen LogP contribution in [0.1, 0.15) is 11.1 Å². The maximum atomic E-state index is 10.9. The minimum atomic E-state index is -4.06. The van der Waals surface area contributed by atoms with Gasteiger partial charge in [-0.3, -0.25) is 13.7 Å². The normalized spacial score (nSPS) is 10.3. The molecule has 0 amide bonds. The monoisotopic (exact) mass is 384 g/mol. The fourth-order valence-electron chi connectivity index (χ4n) is 1.70. The van der Waals surface area contributed by atoms with Crippen molar-refractivity contribution in [2.24, 2.45) is 0 Å². The van der Waals surface area contributed by atoms with E-state index >= 15 is 0 Å². The van der Waals surface area contributed by atoms with Crippen molar-refractivity contribution >= 4 is 51.0 Å². The Bertz CT molecular complexity index is 732. The van der Waals surface area contributed by atoms with Gasteiger partial charge >= 0.3 is 29.6 Å². The third-order valence-electron chi connectivity index (χ3n) is 2.55. The molecule has 0 bridgehead atoms. The van der Waals surface area contributed by atoms with E-state index in [0.29, 0.717) is 17.9 Å². The minimum absolute atomic E-state index is 0. The molecule has 0 radical (unpaired) electrons. The number of para-hydroxylation sites is 1. The molecule has 0 aliphatic rings. The van der Waals surface area contributed by atoms with E-state index in [1.807, 2.05) is 30.3 Å². The molecule has 24 heavy (non-hydrogen) atoms. The summed E-state index contributed by atoms with van der Waals surface area (Å²) in [6.07, 6.45) is 0. The van der Waals surface area contributed by atoms with Crippen molar-refractivity contribution in [2.75, 3.05) is 0 Å². The molecule has 2 rings (SSSR count). The zero-order valence-corrected chi connectivity index (χ0v) is 13.5. The summed E-state index contributed by atoms with van der Waals surface area (Å²) in [5.41, 5.74) is 1.44. The van der Waals surface area contributed by atoms with Gasteiger partial charge in [-0.2, -0.15) is 12.6 Å². The summed E-state index contributed by atoms with van der Waals surface area (Å²) < 4.78 is 59.2. The first-order chi connectivity index (χ1) is 10.8. The third kappa shape index (κ3) is 10.9. The Balaban J connectivity index is 0.000000954. The molecule has 0 saturated carbocycles. The van der Waals surface area contributed by atoms with Crippen LogP contribution in [-0.2, 0) is 33.8 Å². The van der Waals surface area contributed by atoms with Crippen molar-refractivity contribution in [2.45, 2.75) is 12.4 Å². The molecule has 3 N–H and O–H groups in total. The van der Waals surface area contributed by atoms with Crippen LogP contribution in [0.2, 0.25) is 0 Å². The molecule has 0 aromatic heterocycles. The number of hydrogen-bond acceptors (Lipinski definition) is 4. The molecule has 0 unspecified atom stereocenters. The Morgan fingerprint density at radius 2 is 1.46 bits per heavy atom. The van der Waals surface area contributed by atoms with Crippen molar-refractivity contribution in [1.82, 2.24) is 0 Å². The predicted molar refractivity (Wildman–Crippen MR) is 93.0 cm³/mol. The average Bonchev–Trinajstić information content (AvgIpc) is 2.45. The van der Waals surface area contributed by atoms with E-state index in [2.05, 4.69) is 0 Å². The zero-order valence-electron chi connectivity index (χ0n) is 11.9. The van der Waals surface area contributed by atoms with Gasteiger partial charge in [0.05, 0.1) is 0 Å². The first kappa shape index (κ1) is 23.2. The predicted octanol–water partition coefficient (Wildman–Crippen LogP) is 1.69. The molecule has 128 valence electrons. The maximum absolute atomic E-state index is 10.9. The quantitative estimate of drug-likeness (QED) is 0.407. The van der Waals surface area contributed by atoms with E-state index in [1.165, 1.54) is 0 Å². The molecule has 0 aliphatic carbocycles. The molecule has 0 fully saturated rings. The van der Waals surface area contributed by atoms with E-state index < -0.39 is 27.2 Å². The molecular formula is C14H17NaO7S2. The Morgan fingerprint density at radius 1 is 0.958 bits per heavy atom. The van der Waals surface area contributed by atoms with Crippen LogP contribution < -0.4 is 4.74 Å². The van der Waals surface area contributed by atoms with Gasteiger partial charge in [-0.15, -0.1) is 0 Å². The van der Waals surface area contributed by atoms with Gasteiger partial charge in [-0.1, -0.05) is 48.5 Å². The van der Waals surface area contributed by atoms with Gasteiger partial charge in [0.15, 0.2) is 0 Å². The van der Waals surface area contributed by atoms with Crippen LogP contribution in [0.25, 0.3) is 0 Å². The SMILES string of the molecule is O=S(=O)(O)Cc1ccccc1OCc1ccccc1.O=S(O)O.[NaH]. The van der Waals surface area contributed by atoms with Crippen LogP contribution >= 0.6 is 0 Å². The summed E-state index contributed by atoms with van der Waals surface area (Å²) in [6.45, 7) is 0.351. The molecule has 0 saturated heterocycles. The second-order valence-electron chi connectivity index (χ2n) is 4.34. The summed E-state index contributed by atoms with van der Waals surface area (Å²) >= 11 is -2.61. The number of ether oxygens (including phenoxy) is 1. The third-order valence-corrected chi connectivity index (χ3v) is 3.22. The van der Waals surface area contributed by atoms with E-state index in [-0.39, 0.29) is 29.6 Å². The van der Waals surface area contributed by atoms with Crippen LogP contribution in [0.3, 0.4) is 0 Å². The molecule has 2 aromatic rings. The molecule has 0 heterocycles. The van der Waals surface area contributed by atoms with Gasteiger partial charge in [0.1, 0.15) is 18.1 Å². The summed E-state index contributed by atoms with van der Waals surface area (Å²) in [7, 11) is -4.06. The molecule has 10 heteroatoms. The Labute approximate surface area is 165 Å². The van der Waals surface area contributed by atoms with Gasteiger partial charge < -0.3 is 4.74 Å². The average molecular weight is 384 g/mol. The van der Waals surface area contributed by atoms with Crippen LogP contribution in [0.5, 0.6) is 5.75 Å². The number of rotatable bonds is 5. The second-order valence-corrected chi connectivity index (χ2v) is 6.25. The summed E-state index contributed by atoms with van der Waals surface area (Å²) in [5.74, 6) is 0.0156. The van der Waals surface area contributed by atoms with Gasteiger partial charge in [0.2, 0.25) is 0 Å². The molecular weight excluding hydrogens is 367 g/mol. The number of benzene rings is 2.